The van der Waals surface area contributed by atoms with Crippen LogP contribution < -0.4 is 10.6 Å². The summed E-state index contributed by atoms with van der Waals surface area (Å²) in [5.41, 5.74) is 0.916. The maximum Gasteiger partial charge on any atom is 0.191 e. The van der Waals surface area contributed by atoms with E-state index in [2.05, 4.69) is 20.8 Å². The molecule has 0 aliphatic heterocycles. The highest BCUT2D eigenvalue weighted by Crippen LogP contribution is 2.23. The number of rotatable bonds is 7. The van der Waals surface area contributed by atoms with Crippen molar-refractivity contribution in [3.8, 4) is 0 Å². The molecule has 2 aromatic rings. The lowest BCUT2D eigenvalue weighted by Gasteiger charge is -2.26. The van der Waals surface area contributed by atoms with Gasteiger partial charge in [0.05, 0.1) is 18.3 Å². The van der Waals surface area contributed by atoms with E-state index in [4.69, 9.17) is 4.52 Å². The van der Waals surface area contributed by atoms with Gasteiger partial charge in [-0.2, -0.15) is 0 Å². The summed E-state index contributed by atoms with van der Waals surface area (Å²) < 4.78 is 33.6. The second-order valence-corrected chi connectivity index (χ2v) is 6.79. The number of aromatic nitrogens is 1. The van der Waals surface area contributed by atoms with Crippen molar-refractivity contribution < 1.29 is 13.3 Å². The van der Waals surface area contributed by atoms with Gasteiger partial charge < -0.3 is 20.1 Å². The molecule has 9 heteroatoms. The molecule has 0 amide bonds. The highest BCUT2D eigenvalue weighted by molar-refractivity contribution is 14.0. The Balaban J connectivity index is 0.00000392. The fourth-order valence-electron chi connectivity index (χ4n) is 2.64. The van der Waals surface area contributed by atoms with Crippen LogP contribution in [0.3, 0.4) is 0 Å². The van der Waals surface area contributed by atoms with Crippen molar-refractivity contribution in [1.82, 2.24) is 20.7 Å². The minimum absolute atomic E-state index is 0. The monoisotopic (exact) mass is 507 g/mol. The standard InChI is InChI=1S/C19H27F2N5O.HI/c1-12(2)16-9-13(27-25-16)10-23-19(22-3)24-11-17(26(4)5)18-14(20)7-6-8-15(18)21;/h6-9,12,17H,10-11H2,1-5H3,(H2,22,23,24);1H. The highest BCUT2D eigenvalue weighted by Gasteiger charge is 2.22. The van der Waals surface area contributed by atoms with Crippen molar-refractivity contribution in [2.24, 2.45) is 4.99 Å². The van der Waals surface area contributed by atoms with Gasteiger partial charge in [0.25, 0.3) is 0 Å². The number of likely N-dealkylation sites (N-methyl/N-ethyl adjacent to an activating group) is 1. The molecule has 1 heterocycles. The van der Waals surface area contributed by atoms with E-state index in [-0.39, 0.29) is 42.0 Å². The number of hydrogen-bond acceptors (Lipinski definition) is 4. The lowest BCUT2D eigenvalue weighted by atomic mass is 10.0. The fraction of sp³-hybridized carbons (Fsp3) is 0.474. The van der Waals surface area contributed by atoms with Crippen LogP contribution in [0.25, 0.3) is 0 Å². The summed E-state index contributed by atoms with van der Waals surface area (Å²) >= 11 is 0. The first kappa shape index (κ1) is 24.3. The Bertz CT molecular complexity index is 759. The largest absolute Gasteiger partial charge is 0.359 e. The summed E-state index contributed by atoms with van der Waals surface area (Å²) in [5, 5.41) is 10.2. The number of hydrogen-bond donors (Lipinski definition) is 2. The lowest BCUT2D eigenvalue weighted by molar-refractivity contribution is 0.282. The Morgan fingerprint density at radius 2 is 1.86 bits per heavy atom. The Morgan fingerprint density at radius 1 is 1.21 bits per heavy atom. The Hall–Kier alpha value is -1.75. The molecule has 1 aromatic heterocycles. The maximum atomic E-state index is 14.1. The molecule has 1 unspecified atom stereocenters. The first-order chi connectivity index (χ1) is 12.8. The number of nitrogens with zero attached hydrogens (tertiary/aromatic N) is 3. The van der Waals surface area contributed by atoms with Crippen molar-refractivity contribution in [1.29, 1.82) is 0 Å². The predicted octanol–water partition coefficient (Wildman–Crippen LogP) is 3.66. The maximum absolute atomic E-state index is 14.1. The van der Waals surface area contributed by atoms with E-state index in [0.717, 1.165) is 5.69 Å². The zero-order chi connectivity index (χ0) is 20.0. The fourth-order valence-corrected chi connectivity index (χ4v) is 2.64. The zero-order valence-electron chi connectivity index (χ0n) is 16.8. The van der Waals surface area contributed by atoms with Crippen LogP contribution in [0.1, 0.15) is 42.8 Å². The summed E-state index contributed by atoms with van der Waals surface area (Å²) in [6, 6.07) is 5.28. The van der Waals surface area contributed by atoms with Crippen molar-refractivity contribution in [2.45, 2.75) is 32.4 Å². The predicted molar refractivity (Wildman–Crippen MR) is 117 cm³/mol. The summed E-state index contributed by atoms with van der Waals surface area (Å²) in [6.45, 7) is 4.76. The van der Waals surface area contributed by atoms with Gasteiger partial charge in [0.15, 0.2) is 11.7 Å². The molecule has 156 valence electrons. The lowest BCUT2D eigenvalue weighted by Crippen LogP contribution is -2.41. The van der Waals surface area contributed by atoms with E-state index in [1.807, 2.05) is 19.9 Å². The van der Waals surface area contributed by atoms with Crippen LogP contribution in [-0.4, -0.2) is 43.7 Å². The molecule has 0 aliphatic carbocycles. The van der Waals surface area contributed by atoms with Crippen molar-refractivity contribution in [2.75, 3.05) is 27.7 Å². The Labute approximate surface area is 181 Å². The van der Waals surface area contributed by atoms with Crippen LogP contribution in [0.15, 0.2) is 33.8 Å². The topological polar surface area (TPSA) is 65.7 Å². The molecule has 6 nitrogen and oxygen atoms in total. The first-order valence-corrected chi connectivity index (χ1v) is 8.83. The third-order valence-corrected chi connectivity index (χ3v) is 4.24. The third kappa shape index (κ3) is 6.40. The second kappa shape index (κ2) is 11.3. The summed E-state index contributed by atoms with van der Waals surface area (Å²) in [4.78, 5) is 5.90. The Morgan fingerprint density at radius 3 is 2.36 bits per heavy atom. The number of guanidine groups is 1. The molecule has 0 saturated carbocycles. The number of nitrogens with one attached hydrogen (secondary N) is 2. The number of aliphatic imine (C=N–C) groups is 1. The van der Waals surface area contributed by atoms with Gasteiger partial charge >= 0.3 is 0 Å². The normalized spacial score (nSPS) is 12.8. The highest BCUT2D eigenvalue weighted by atomic mass is 127. The van der Waals surface area contributed by atoms with E-state index in [1.54, 1.807) is 26.0 Å². The Kier molecular flexibility index (Phi) is 9.80. The van der Waals surface area contributed by atoms with Crippen LogP contribution in [-0.2, 0) is 6.54 Å². The number of benzene rings is 1. The van der Waals surface area contributed by atoms with Crippen LogP contribution in [0.5, 0.6) is 0 Å². The van der Waals surface area contributed by atoms with E-state index in [9.17, 15) is 8.78 Å². The molecule has 0 bridgehead atoms. The first-order valence-electron chi connectivity index (χ1n) is 8.83. The molecular weight excluding hydrogens is 479 g/mol. The van der Waals surface area contributed by atoms with Gasteiger partial charge in [-0.3, -0.25) is 4.99 Å². The molecule has 1 atom stereocenters. The van der Waals surface area contributed by atoms with Crippen molar-refractivity contribution >= 4 is 29.9 Å². The van der Waals surface area contributed by atoms with Gasteiger partial charge in [0.2, 0.25) is 0 Å². The van der Waals surface area contributed by atoms with Gasteiger partial charge in [-0.1, -0.05) is 25.1 Å². The minimum Gasteiger partial charge on any atom is -0.359 e. The van der Waals surface area contributed by atoms with E-state index < -0.39 is 17.7 Å². The van der Waals surface area contributed by atoms with Crippen LogP contribution in [0.4, 0.5) is 8.78 Å². The van der Waals surface area contributed by atoms with Gasteiger partial charge in [-0.25, -0.2) is 8.78 Å². The van der Waals surface area contributed by atoms with Gasteiger partial charge in [0, 0.05) is 25.2 Å². The quantitative estimate of drug-likeness (QED) is 0.340. The average molecular weight is 507 g/mol. The van der Waals surface area contributed by atoms with E-state index in [0.29, 0.717) is 18.3 Å². The molecule has 0 fully saturated rings. The molecular formula is C19H28F2IN5O. The van der Waals surface area contributed by atoms with Gasteiger partial charge in [0.1, 0.15) is 11.6 Å². The summed E-state index contributed by atoms with van der Waals surface area (Å²) in [7, 11) is 5.18. The molecule has 2 rings (SSSR count). The molecule has 0 aliphatic rings. The minimum atomic E-state index is -0.568. The molecule has 1 aromatic carbocycles. The molecule has 0 spiro atoms. The van der Waals surface area contributed by atoms with Gasteiger partial charge in [-0.15, -0.1) is 24.0 Å². The van der Waals surface area contributed by atoms with Gasteiger partial charge in [-0.05, 0) is 32.1 Å². The van der Waals surface area contributed by atoms with Crippen LogP contribution in [0.2, 0.25) is 0 Å². The smallest absolute Gasteiger partial charge is 0.191 e. The average Bonchev–Trinajstić information content (AvgIpc) is 3.09. The molecule has 2 N–H and O–H groups in total. The third-order valence-electron chi connectivity index (χ3n) is 4.24. The van der Waals surface area contributed by atoms with E-state index >= 15 is 0 Å². The molecule has 0 saturated heterocycles. The van der Waals surface area contributed by atoms with Crippen LogP contribution >= 0.6 is 24.0 Å². The zero-order valence-corrected chi connectivity index (χ0v) is 19.1. The number of halogens is 3. The summed E-state index contributed by atoms with van der Waals surface area (Å²) in [5.74, 6) is 0.339. The van der Waals surface area contributed by atoms with Crippen molar-refractivity contribution in [3.05, 3.63) is 52.9 Å². The SMILES string of the molecule is CN=C(NCc1cc(C(C)C)no1)NCC(c1c(F)cccc1F)N(C)C.I. The molecule has 0 radical (unpaired) electrons. The molecule has 28 heavy (non-hydrogen) atoms. The summed E-state index contributed by atoms with van der Waals surface area (Å²) in [6.07, 6.45) is 0. The second-order valence-electron chi connectivity index (χ2n) is 6.79. The van der Waals surface area contributed by atoms with E-state index in [1.165, 1.54) is 18.2 Å². The van der Waals surface area contributed by atoms with Crippen molar-refractivity contribution in [3.63, 3.8) is 0 Å². The van der Waals surface area contributed by atoms with Crippen LogP contribution in [0, 0.1) is 11.6 Å².